The van der Waals surface area contributed by atoms with Gasteiger partial charge >= 0.3 is 6.03 Å². The molecular weight excluding hydrogens is 302 g/mol. The smallest absolute Gasteiger partial charge is 0.317 e. The van der Waals surface area contributed by atoms with Crippen LogP contribution in [-0.4, -0.2) is 29.0 Å². The second-order valence-corrected chi connectivity index (χ2v) is 6.34. The summed E-state index contributed by atoms with van der Waals surface area (Å²) < 4.78 is 5.01. The van der Waals surface area contributed by atoms with E-state index in [4.69, 9.17) is 4.42 Å². The van der Waals surface area contributed by atoms with Crippen LogP contribution in [0.25, 0.3) is 10.9 Å². The van der Waals surface area contributed by atoms with E-state index in [1.54, 1.807) is 12.5 Å². The Hall–Kier alpha value is -2.69. The van der Waals surface area contributed by atoms with Crippen molar-refractivity contribution in [1.29, 1.82) is 0 Å². The van der Waals surface area contributed by atoms with Crippen molar-refractivity contribution >= 4 is 16.9 Å². The monoisotopic (exact) mass is 323 g/mol. The number of nitrogens with one attached hydrogen (secondary N) is 2. The topological polar surface area (TPSA) is 61.3 Å². The van der Waals surface area contributed by atoms with E-state index in [1.165, 1.54) is 16.5 Å². The highest BCUT2D eigenvalue weighted by Crippen LogP contribution is 2.33. The molecule has 0 bridgehead atoms. The maximum absolute atomic E-state index is 12.3. The number of piperidine rings is 1. The van der Waals surface area contributed by atoms with E-state index in [1.807, 2.05) is 11.0 Å². The number of fused-ring (bicyclic) bond motifs is 1. The van der Waals surface area contributed by atoms with Crippen molar-refractivity contribution in [3.05, 3.63) is 60.2 Å². The van der Waals surface area contributed by atoms with Gasteiger partial charge in [0.15, 0.2) is 0 Å². The fourth-order valence-corrected chi connectivity index (χ4v) is 3.51. The van der Waals surface area contributed by atoms with Crippen molar-refractivity contribution in [3.63, 3.8) is 0 Å². The van der Waals surface area contributed by atoms with Crippen LogP contribution in [0.2, 0.25) is 0 Å². The van der Waals surface area contributed by atoms with Crippen LogP contribution in [0.5, 0.6) is 0 Å². The molecule has 124 valence electrons. The number of carbonyl (C=O) groups excluding carboxylic acids is 1. The lowest BCUT2D eigenvalue weighted by Gasteiger charge is -2.32. The van der Waals surface area contributed by atoms with Crippen molar-refractivity contribution in [2.75, 3.05) is 13.1 Å². The predicted molar refractivity (Wildman–Crippen MR) is 92.8 cm³/mol. The molecule has 1 aliphatic rings. The first-order valence-corrected chi connectivity index (χ1v) is 8.41. The first kappa shape index (κ1) is 14.9. The van der Waals surface area contributed by atoms with Gasteiger partial charge in [-0.25, -0.2) is 4.79 Å². The fourth-order valence-electron chi connectivity index (χ4n) is 3.51. The molecule has 5 nitrogen and oxygen atoms in total. The summed E-state index contributed by atoms with van der Waals surface area (Å²) in [5.74, 6) is 0.513. The number of hydrogen-bond acceptors (Lipinski definition) is 2. The number of urea groups is 1. The second kappa shape index (κ2) is 6.43. The summed E-state index contributed by atoms with van der Waals surface area (Å²) in [5.41, 5.74) is 3.55. The van der Waals surface area contributed by atoms with Crippen molar-refractivity contribution in [1.82, 2.24) is 15.2 Å². The Balaban J connectivity index is 1.35. The molecule has 2 aromatic heterocycles. The summed E-state index contributed by atoms with van der Waals surface area (Å²) in [5, 5.41) is 4.26. The first-order chi connectivity index (χ1) is 11.8. The van der Waals surface area contributed by atoms with E-state index in [9.17, 15) is 4.79 Å². The van der Waals surface area contributed by atoms with Crippen LogP contribution < -0.4 is 5.32 Å². The number of aromatic nitrogens is 1. The molecule has 0 unspecified atom stereocenters. The van der Waals surface area contributed by atoms with Crippen LogP contribution in [0.4, 0.5) is 4.79 Å². The van der Waals surface area contributed by atoms with Gasteiger partial charge in [-0.2, -0.15) is 0 Å². The zero-order valence-corrected chi connectivity index (χ0v) is 13.5. The molecule has 2 N–H and O–H groups in total. The van der Waals surface area contributed by atoms with Crippen LogP contribution in [0.1, 0.15) is 29.9 Å². The minimum Gasteiger partial charge on any atom is -0.472 e. The average Bonchev–Trinajstić information content (AvgIpc) is 3.29. The minimum absolute atomic E-state index is 0.00794. The van der Waals surface area contributed by atoms with Gasteiger partial charge < -0.3 is 19.6 Å². The second-order valence-electron chi connectivity index (χ2n) is 6.34. The third kappa shape index (κ3) is 2.89. The Labute approximate surface area is 140 Å². The normalized spacial score (nSPS) is 15.8. The van der Waals surface area contributed by atoms with Gasteiger partial charge in [-0.1, -0.05) is 18.2 Å². The number of carbonyl (C=O) groups is 1. The number of hydrogen-bond donors (Lipinski definition) is 2. The van der Waals surface area contributed by atoms with Crippen molar-refractivity contribution in [3.8, 4) is 0 Å². The quantitative estimate of drug-likeness (QED) is 0.769. The van der Waals surface area contributed by atoms with Crippen molar-refractivity contribution in [2.45, 2.75) is 25.3 Å². The molecule has 1 aliphatic heterocycles. The molecule has 1 saturated heterocycles. The van der Waals surface area contributed by atoms with Gasteiger partial charge in [-0.3, -0.25) is 0 Å². The zero-order chi connectivity index (χ0) is 16.4. The van der Waals surface area contributed by atoms with Crippen LogP contribution in [0.15, 0.2) is 53.5 Å². The number of nitrogens with zero attached hydrogens (tertiary/aromatic N) is 1. The number of furan rings is 1. The highest BCUT2D eigenvalue weighted by atomic mass is 16.3. The van der Waals surface area contributed by atoms with Gasteiger partial charge in [0, 0.05) is 42.3 Å². The van der Waals surface area contributed by atoms with Crippen LogP contribution in [0.3, 0.4) is 0 Å². The van der Waals surface area contributed by atoms with Crippen molar-refractivity contribution < 1.29 is 9.21 Å². The molecule has 0 saturated carbocycles. The molecule has 3 aromatic rings. The molecule has 0 spiro atoms. The lowest BCUT2D eigenvalue weighted by molar-refractivity contribution is 0.181. The molecule has 0 radical (unpaired) electrons. The number of rotatable bonds is 3. The SMILES string of the molecule is O=C(NCc1ccoc1)N1CCC(c2c[nH]c3ccccc23)CC1. The number of H-pyrrole nitrogens is 1. The molecule has 1 aromatic carbocycles. The van der Waals surface area contributed by atoms with Gasteiger partial charge in [-0.15, -0.1) is 0 Å². The summed E-state index contributed by atoms with van der Waals surface area (Å²) in [4.78, 5) is 17.5. The molecule has 24 heavy (non-hydrogen) atoms. The summed E-state index contributed by atoms with van der Waals surface area (Å²) in [6.07, 6.45) is 7.41. The van der Waals surface area contributed by atoms with Crippen LogP contribution in [-0.2, 0) is 6.54 Å². The molecule has 1 fully saturated rings. The maximum Gasteiger partial charge on any atom is 0.317 e. The van der Waals surface area contributed by atoms with E-state index < -0.39 is 0 Å². The average molecular weight is 323 g/mol. The summed E-state index contributed by atoms with van der Waals surface area (Å²) >= 11 is 0. The molecule has 5 heteroatoms. The summed E-state index contributed by atoms with van der Waals surface area (Å²) in [6.45, 7) is 2.10. The molecule has 3 heterocycles. The molecular formula is C19H21N3O2. The highest BCUT2D eigenvalue weighted by molar-refractivity contribution is 5.83. The summed E-state index contributed by atoms with van der Waals surface area (Å²) in [7, 11) is 0. The van der Waals surface area contributed by atoms with E-state index in [-0.39, 0.29) is 6.03 Å². The first-order valence-electron chi connectivity index (χ1n) is 8.41. The summed E-state index contributed by atoms with van der Waals surface area (Å²) in [6, 6.07) is 10.3. The van der Waals surface area contributed by atoms with E-state index in [0.29, 0.717) is 12.5 Å². The van der Waals surface area contributed by atoms with Crippen LogP contribution >= 0.6 is 0 Å². The standard InChI is InChI=1S/C19H21N3O2/c23-19(21-11-14-7-10-24-13-14)22-8-5-15(6-9-22)17-12-20-18-4-2-1-3-16(17)18/h1-4,7,10,12-13,15,20H,5-6,8-9,11H2,(H,21,23). The van der Waals surface area contributed by atoms with Gasteiger partial charge in [0.1, 0.15) is 0 Å². The number of amides is 2. The number of aromatic amines is 1. The fraction of sp³-hybridized carbons (Fsp3) is 0.316. The minimum atomic E-state index is 0.00794. The number of para-hydroxylation sites is 1. The van der Waals surface area contributed by atoms with Crippen LogP contribution in [0, 0.1) is 0 Å². The van der Waals surface area contributed by atoms with Gasteiger partial charge in [0.2, 0.25) is 0 Å². The largest absolute Gasteiger partial charge is 0.472 e. The lowest BCUT2D eigenvalue weighted by Crippen LogP contribution is -2.43. The Bertz CT molecular complexity index is 814. The van der Waals surface area contributed by atoms with E-state index in [2.05, 4.69) is 40.8 Å². The third-order valence-corrected chi connectivity index (χ3v) is 4.87. The van der Waals surface area contributed by atoms with E-state index in [0.717, 1.165) is 31.5 Å². The Kier molecular flexibility index (Phi) is 3.99. The third-order valence-electron chi connectivity index (χ3n) is 4.87. The molecule has 0 aliphatic carbocycles. The number of benzene rings is 1. The molecule has 2 amide bonds. The van der Waals surface area contributed by atoms with Gasteiger partial charge in [0.05, 0.1) is 12.5 Å². The van der Waals surface area contributed by atoms with Gasteiger partial charge in [0.25, 0.3) is 0 Å². The maximum atomic E-state index is 12.3. The van der Waals surface area contributed by atoms with E-state index >= 15 is 0 Å². The predicted octanol–water partition coefficient (Wildman–Crippen LogP) is 3.85. The molecule has 0 atom stereocenters. The Morgan fingerprint density at radius 2 is 2.08 bits per heavy atom. The lowest BCUT2D eigenvalue weighted by atomic mass is 9.89. The van der Waals surface area contributed by atoms with Gasteiger partial charge in [-0.05, 0) is 36.5 Å². The number of likely N-dealkylation sites (tertiary alicyclic amines) is 1. The Morgan fingerprint density at radius 3 is 2.88 bits per heavy atom. The Morgan fingerprint density at radius 1 is 1.25 bits per heavy atom. The molecule has 4 rings (SSSR count). The van der Waals surface area contributed by atoms with Crippen molar-refractivity contribution in [2.24, 2.45) is 0 Å². The highest BCUT2D eigenvalue weighted by Gasteiger charge is 2.25. The zero-order valence-electron chi connectivity index (χ0n) is 13.5.